The van der Waals surface area contributed by atoms with Crippen LogP contribution in [0.5, 0.6) is 0 Å². The van der Waals surface area contributed by atoms with E-state index in [4.69, 9.17) is 5.73 Å². The van der Waals surface area contributed by atoms with Gasteiger partial charge in [0.1, 0.15) is 5.82 Å². The van der Waals surface area contributed by atoms with Crippen LogP contribution in [0.4, 0.5) is 11.5 Å². The minimum Gasteiger partial charge on any atom is -0.383 e. The van der Waals surface area contributed by atoms with Crippen LogP contribution in [0.3, 0.4) is 0 Å². The predicted molar refractivity (Wildman–Crippen MR) is 111 cm³/mol. The van der Waals surface area contributed by atoms with E-state index < -0.39 is 11.2 Å². The Morgan fingerprint density at radius 3 is 2.56 bits per heavy atom. The van der Waals surface area contributed by atoms with Gasteiger partial charge < -0.3 is 10.6 Å². The van der Waals surface area contributed by atoms with E-state index in [0.717, 1.165) is 4.88 Å². The smallest absolute Gasteiger partial charge is 0.330 e. The van der Waals surface area contributed by atoms with Crippen molar-refractivity contribution < 1.29 is 4.79 Å². The topological polar surface area (TPSA) is 101 Å². The third kappa shape index (κ3) is 5.19. The molecule has 0 aliphatic heterocycles. The molecule has 2 heterocycles. The molecule has 0 aliphatic rings. The molecule has 1 amide bonds. The first-order valence-corrected chi connectivity index (χ1v) is 9.74. The van der Waals surface area contributed by atoms with Crippen LogP contribution in [0.2, 0.25) is 0 Å². The van der Waals surface area contributed by atoms with Crippen LogP contribution in [0.25, 0.3) is 6.08 Å². The molecular weight excluding hydrogens is 364 g/mol. The van der Waals surface area contributed by atoms with Crippen LogP contribution >= 0.6 is 11.3 Å². The molecule has 0 atom stereocenters. The molecule has 2 aromatic rings. The van der Waals surface area contributed by atoms with E-state index in [1.807, 2.05) is 45.2 Å². The Kier molecular flexibility index (Phi) is 6.79. The summed E-state index contributed by atoms with van der Waals surface area (Å²) in [5.74, 6) is -0.0925. The Bertz CT molecular complexity index is 923. The van der Waals surface area contributed by atoms with E-state index in [1.165, 1.54) is 26.9 Å². The Labute approximate surface area is 162 Å². The summed E-state index contributed by atoms with van der Waals surface area (Å²) >= 11 is 1.51. The number of anilines is 2. The number of nitrogens with two attached hydrogens (primary N) is 1. The van der Waals surface area contributed by atoms with Gasteiger partial charge in [-0.05, 0) is 29.4 Å². The monoisotopic (exact) mass is 390 g/mol. The van der Waals surface area contributed by atoms with Gasteiger partial charge in [-0.3, -0.25) is 19.1 Å². The van der Waals surface area contributed by atoms with E-state index in [9.17, 15) is 14.4 Å². The van der Waals surface area contributed by atoms with Crippen molar-refractivity contribution in [3.8, 4) is 0 Å². The van der Waals surface area contributed by atoms with Gasteiger partial charge in [-0.15, -0.1) is 11.3 Å². The molecular formula is C19H26N4O3S. The standard InChI is InChI=1S/C19H26N4O3S/c1-12(2)10-22(15(24)8-7-14-6-5-9-27-14)16-17(20)23(11-13(3)4)19(26)21-18(16)25/h5-9,12-13H,10-11,20H2,1-4H3,(H,21,25,26)/b8-7-. The van der Waals surface area contributed by atoms with Gasteiger partial charge in [0.25, 0.3) is 11.5 Å². The van der Waals surface area contributed by atoms with Gasteiger partial charge in [0.05, 0.1) is 0 Å². The van der Waals surface area contributed by atoms with Gasteiger partial charge in [0.15, 0.2) is 5.69 Å². The van der Waals surface area contributed by atoms with Crippen LogP contribution in [-0.2, 0) is 11.3 Å². The number of nitrogen functional groups attached to an aromatic ring is 1. The van der Waals surface area contributed by atoms with Gasteiger partial charge in [-0.25, -0.2) is 4.79 Å². The van der Waals surface area contributed by atoms with Crippen molar-refractivity contribution in [1.29, 1.82) is 0 Å². The minimum atomic E-state index is -0.656. The molecule has 2 rings (SSSR count). The third-order valence-corrected chi connectivity index (χ3v) is 4.62. The zero-order chi connectivity index (χ0) is 20.1. The van der Waals surface area contributed by atoms with E-state index >= 15 is 0 Å². The summed E-state index contributed by atoms with van der Waals surface area (Å²) in [5, 5.41) is 1.92. The number of carbonyl (C=O) groups excluding carboxylic acids is 1. The lowest BCUT2D eigenvalue weighted by Crippen LogP contribution is -2.42. The Balaban J connectivity index is 2.51. The normalized spacial score (nSPS) is 11.6. The highest BCUT2D eigenvalue weighted by Gasteiger charge is 2.24. The number of nitrogens with one attached hydrogen (secondary N) is 1. The first kappa shape index (κ1) is 20.7. The van der Waals surface area contributed by atoms with Crippen molar-refractivity contribution in [2.24, 2.45) is 11.8 Å². The molecule has 27 heavy (non-hydrogen) atoms. The molecule has 0 saturated carbocycles. The van der Waals surface area contributed by atoms with Gasteiger partial charge in [-0.2, -0.15) is 0 Å². The fourth-order valence-corrected chi connectivity index (χ4v) is 3.29. The lowest BCUT2D eigenvalue weighted by atomic mass is 10.2. The second kappa shape index (κ2) is 8.85. The fraction of sp³-hybridized carbons (Fsp3) is 0.421. The molecule has 3 N–H and O–H groups in total. The number of H-pyrrole nitrogens is 1. The lowest BCUT2D eigenvalue weighted by Gasteiger charge is -2.25. The van der Waals surface area contributed by atoms with Crippen LogP contribution in [-0.4, -0.2) is 22.0 Å². The first-order chi connectivity index (χ1) is 12.7. The van der Waals surface area contributed by atoms with Crippen LogP contribution in [0, 0.1) is 11.8 Å². The highest BCUT2D eigenvalue weighted by molar-refractivity contribution is 7.10. The number of hydrogen-bond acceptors (Lipinski definition) is 5. The van der Waals surface area contributed by atoms with Crippen LogP contribution in [0.1, 0.15) is 32.6 Å². The second-order valence-electron chi connectivity index (χ2n) is 7.19. The second-order valence-corrected chi connectivity index (χ2v) is 8.17. The number of nitrogens with zero attached hydrogens (tertiary/aromatic N) is 2. The zero-order valence-corrected chi connectivity index (χ0v) is 16.9. The molecule has 0 aromatic carbocycles. The van der Waals surface area contributed by atoms with Crippen molar-refractivity contribution in [2.45, 2.75) is 34.2 Å². The molecule has 2 aromatic heterocycles. The number of thiophene rings is 1. The maximum atomic E-state index is 12.8. The molecule has 7 nitrogen and oxygen atoms in total. The molecule has 146 valence electrons. The third-order valence-electron chi connectivity index (χ3n) is 3.78. The summed E-state index contributed by atoms with van der Waals surface area (Å²) in [6.45, 7) is 8.43. The first-order valence-electron chi connectivity index (χ1n) is 8.86. The van der Waals surface area contributed by atoms with Crippen LogP contribution < -0.4 is 21.9 Å². The lowest BCUT2D eigenvalue weighted by molar-refractivity contribution is -0.114. The maximum absolute atomic E-state index is 12.8. The summed E-state index contributed by atoms with van der Waals surface area (Å²) < 4.78 is 1.31. The number of aromatic amines is 1. The van der Waals surface area contributed by atoms with Gasteiger partial charge >= 0.3 is 5.69 Å². The predicted octanol–water partition coefficient (Wildman–Crippen LogP) is 2.54. The molecule has 0 spiro atoms. The number of aromatic nitrogens is 2. The van der Waals surface area contributed by atoms with Crippen LogP contribution in [0.15, 0.2) is 33.2 Å². The summed E-state index contributed by atoms with van der Waals surface area (Å²) in [4.78, 5) is 42.1. The summed E-state index contributed by atoms with van der Waals surface area (Å²) in [6, 6.07) is 3.79. The van der Waals surface area contributed by atoms with E-state index in [-0.39, 0.29) is 29.2 Å². The number of hydrogen-bond donors (Lipinski definition) is 2. The van der Waals surface area contributed by atoms with E-state index in [2.05, 4.69) is 4.98 Å². The van der Waals surface area contributed by atoms with Crippen molar-refractivity contribution in [2.75, 3.05) is 17.2 Å². The van der Waals surface area contributed by atoms with Gasteiger partial charge in [0.2, 0.25) is 0 Å². The van der Waals surface area contributed by atoms with E-state index in [1.54, 1.807) is 6.08 Å². The molecule has 8 heteroatoms. The Morgan fingerprint density at radius 2 is 2.00 bits per heavy atom. The van der Waals surface area contributed by atoms with Crippen molar-refractivity contribution in [1.82, 2.24) is 9.55 Å². The van der Waals surface area contributed by atoms with Gasteiger partial charge in [-0.1, -0.05) is 33.8 Å². The minimum absolute atomic E-state index is 0.0102. The summed E-state index contributed by atoms with van der Waals surface area (Å²) in [5.41, 5.74) is 4.96. The molecule has 0 aliphatic carbocycles. The maximum Gasteiger partial charge on any atom is 0.330 e. The van der Waals surface area contributed by atoms with Crippen molar-refractivity contribution >= 4 is 34.8 Å². The Morgan fingerprint density at radius 1 is 1.30 bits per heavy atom. The number of amides is 1. The number of rotatable bonds is 7. The van der Waals surface area contributed by atoms with Crippen molar-refractivity contribution in [3.63, 3.8) is 0 Å². The zero-order valence-electron chi connectivity index (χ0n) is 16.1. The van der Waals surface area contributed by atoms with Gasteiger partial charge in [0, 0.05) is 24.0 Å². The highest BCUT2D eigenvalue weighted by atomic mass is 32.1. The summed E-state index contributed by atoms with van der Waals surface area (Å²) in [6.07, 6.45) is 3.12. The molecule has 0 unspecified atom stereocenters. The molecule has 0 fully saturated rings. The fourth-order valence-electron chi connectivity index (χ4n) is 2.67. The largest absolute Gasteiger partial charge is 0.383 e. The molecule has 0 saturated heterocycles. The average molecular weight is 391 g/mol. The SMILES string of the molecule is CC(C)CN(C(=O)/C=C\c1cccs1)c1c(N)n(CC(C)C)c(=O)[nH]c1=O. The number of carbonyl (C=O) groups is 1. The quantitative estimate of drug-likeness (QED) is 0.709. The molecule has 0 radical (unpaired) electrons. The average Bonchev–Trinajstić information content (AvgIpc) is 3.08. The Hall–Kier alpha value is -2.61. The van der Waals surface area contributed by atoms with Crippen molar-refractivity contribution in [3.05, 3.63) is 49.3 Å². The summed E-state index contributed by atoms with van der Waals surface area (Å²) in [7, 11) is 0. The molecule has 0 bridgehead atoms. The van der Waals surface area contributed by atoms with E-state index in [0.29, 0.717) is 13.1 Å². The highest BCUT2D eigenvalue weighted by Crippen LogP contribution is 2.20.